The first-order valence-corrected chi connectivity index (χ1v) is 8.42. The Morgan fingerprint density at radius 3 is 2.80 bits per heavy atom. The quantitative estimate of drug-likeness (QED) is 0.743. The van der Waals surface area contributed by atoms with E-state index in [4.69, 9.17) is 0 Å². The van der Waals surface area contributed by atoms with Gasteiger partial charge in [0.05, 0.1) is 11.3 Å². The molecule has 2 heterocycles. The molecule has 7 heteroatoms. The van der Waals surface area contributed by atoms with Crippen LogP contribution >= 0.6 is 0 Å². The van der Waals surface area contributed by atoms with Crippen molar-refractivity contribution in [3.63, 3.8) is 0 Å². The molecule has 3 N–H and O–H groups in total. The lowest BCUT2D eigenvalue weighted by Crippen LogP contribution is -2.46. The smallest absolute Gasteiger partial charge is 0.255 e. The molecular weight excluding hydrogens is 321 g/mol. The summed E-state index contributed by atoms with van der Waals surface area (Å²) in [6.45, 7) is 5.31. The lowest BCUT2D eigenvalue weighted by molar-refractivity contribution is 0.0948. The average Bonchev–Trinajstić information content (AvgIpc) is 2.65. The van der Waals surface area contributed by atoms with Crippen molar-refractivity contribution in [3.05, 3.63) is 54.0 Å². The summed E-state index contributed by atoms with van der Waals surface area (Å²) >= 11 is 0. The topological polar surface area (TPSA) is 69.3 Å². The van der Waals surface area contributed by atoms with Crippen LogP contribution in [0.1, 0.15) is 10.4 Å². The van der Waals surface area contributed by atoms with Gasteiger partial charge in [0.15, 0.2) is 0 Å². The largest absolute Gasteiger partial charge is 0.351 e. The molecule has 3 rings (SSSR count). The van der Waals surface area contributed by atoms with Gasteiger partial charge in [0, 0.05) is 45.5 Å². The zero-order chi connectivity index (χ0) is 17.5. The van der Waals surface area contributed by atoms with Gasteiger partial charge in [-0.1, -0.05) is 12.1 Å². The summed E-state index contributed by atoms with van der Waals surface area (Å²) in [5.41, 5.74) is 0.683. The van der Waals surface area contributed by atoms with Gasteiger partial charge in [-0.25, -0.2) is 9.37 Å². The molecule has 0 spiro atoms. The number of hydrogen-bond acceptors (Lipinski definition) is 5. The Kier molecular flexibility index (Phi) is 5.92. The van der Waals surface area contributed by atoms with Crippen LogP contribution in [0.4, 0.5) is 15.9 Å². The van der Waals surface area contributed by atoms with Crippen LogP contribution in [0, 0.1) is 5.82 Å². The third-order valence-electron chi connectivity index (χ3n) is 4.10. The maximum absolute atomic E-state index is 13.8. The van der Waals surface area contributed by atoms with Crippen molar-refractivity contribution in [2.45, 2.75) is 0 Å². The Hall–Kier alpha value is -2.51. The number of pyridine rings is 1. The summed E-state index contributed by atoms with van der Waals surface area (Å²) in [5, 5.41) is 9.11. The molecule has 6 nitrogen and oxygen atoms in total. The predicted octanol–water partition coefficient (Wildman–Crippen LogP) is 1.60. The summed E-state index contributed by atoms with van der Waals surface area (Å²) in [4.78, 5) is 18.9. The van der Waals surface area contributed by atoms with Crippen LogP contribution in [0.3, 0.4) is 0 Å². The summed E-state index contributed by atoms with van der Waals surface area (Å²) in [6, 6.07) is 9.67. The highest BCUT2D eigenvalue weighted by Gasteiger charge is 2.14. The number of para-hydroxylation sites is 1. The minimum absolute atomic E-state index is 0.220. The van der Waals surface area contributed by atoms with Crippen molar-refractivity contribution in [2.75, 3.05) is 44.6 Å². The molecule has 1 fully saturated rings. The molecule has 0 radical (unpaired) electrons. The van der Waals surface area contributed by atoms with Crippen LogP contribution in [-0.2, 0) is 0 Å². The highest BCUT2D eigenvalue weighted by Crippen LogP contribution is 2.20. The maximum Gasteiger partial charge on any atom is 0.255 e. The molecule has 132 valence electrons. The second kappa shape index (κ2) is 8.55. The second-order valence-corrected chi connectivity index (χ2v) is 5.85. The molecular formula is C18H22FN5O. The van der Waals surface area contributed by atoms with E-state index in [0.717, 1.165) is 32.7 Å². The van der Waals surface area contributed by atoms with Crippen molar-refractivity contribution in [3.8, 4) is 0 Å². The Bertz CT molecular complexity index is 718. The van der Waals surface area contributed by atoms with Gasteiger partial charge in [-0.05, 0) is 24.3 Å². The molecule has 25 heavy (non-hydrogen) atoms. The van der Waals surface area contributed by atoms with Gasteiger partial charge in [-0.2, -0.15) is 0 Å². The van der Waals surface area contributed by atoms with Crippen LogP contribution in [-0.4, -0.2) is 55.1 Å². The van der Waals surface area contributed by atoms with Gasteiger partial charge in [0.1, 0.15) is 11.6 Å². The van der Waals surface area contributed by atoms with Crippen LogP contribution in [0.2, 0.25) is 0 Å². The van der Waals surface area contributed by atoms with E-state index in [9.17, 15) is 9.18 Å². The average molecular weight is 343 g/mol. The number of halogens is 1. The number of piperazine rings is 1. The van der Waals surface area contributed by atoms with Crippen LogP contribution < -0.4 is 16.0 Å². The zero-order valence-electron chi connectivity index (χ0n) is 14.0. The number of benzene rings is 1. The van der Waals surface area contributed by atoms with Gasteiger partial charge in [-0.15, -0.1) is 0 Å². The van der Waals surface area contributed by atoms with Crippen molar-refractivity contribution in [2.24, 2.45) is 0 Å². The van der Waals surface area contributed by atoms with Gasteiger partial charge in [-0.3, -0.25) is 9.69 Å². The molecule has 0 saturated carbocycles. The predicted molar refractivity (Wildman–Crippen MR) is 95.6 cm³/mol. The number of hydrogen-bond donors (Lipinski definition) is 3. The van der Waals surface area contributed by atoms with Gasteiger partial charge < -0.3 is 16.0 Å². The number of rotatable bonds is 6. The number of nitrogens with zero attached hydrogens (tertiary/aromatic N) is 2. The monoisotopic (exact) mass is 343 g/mol. The fourth-order valence-corrected chi connectivity index (χ4v) is 2.74. The Labute approximate surface area is 146 Å². The third-order valence-corrected chi connectivity index (χ3v) is 4.10. The lowest BCUT2D eigenvalue weighted by atomic mass is 10.2. The van der Waals surface area contributed by atoms with E-state index < -0.39 is 5.82 Å². The summed E-state index contributed by atoms with van der Waals surface area (Å²) < 4.78 is 13.8. The fourth-order valence-electron chi connectivity index (χ4n) is 2.74. The van der Waals surface area contributed by atoms with Crippen molar-refractivity contribution < 1.29 is 9.18 Å². The molecule has 0 unspecified atom stereocenters. The summed E-state index contributed by atoms with van der Waals surface area (Å²) in [7, 11) is 0. The van der Waals surface area contributed by atoms with Crippen LogP contribution in [0.5, 0.6) is 0 Å². The number of amides is 1. The number of carbonyl (C=O) groups excluding carboxylic acids is 1. The molecule has 1 saturated heterocycles. The minimum Gasteiger partial charge on any atom is -0.351 e. The molecule has 1 aliphatic heterocycles. The van der Waals surface area contributed by atoms with Crippen molar-refractivity contribution >= 4 is 17.4 Å². The molecule has 1 aromatic heterocycles. The number of nitrogens with one attached hydrogen (secondary N) is 3. The lowest BCUT2D eigenvalue weighted by Gasteiger charge is -2.27. The Morgan fingerprint density at radius 1 is 1.20 bits per heavy atom. The molecule has 0 bridgehead atoms. The van der Waals surface area contributed by atoms with E-state index >= 15 is 0 Å². The first-order chi connectivity index (χ1) is 12.2. The number of aromatic nitrogens is 1. The van der Waals surface area contributed by atoms with E-state index in [1.54, 1.807) is 36.5 Å². The molecule has 0 aliphatic carbocycles. The molecule has 0 atom stereocenters. The van der Waals surface area contributed by atoms with Crippen molar-refractivity contribution in [1.82, 2.24) is 20.5 Å². The van der Waals surface area contributed by atoms with Gasteiger partial charge in [0.2, 0.25) is 0 Å². The fraction of sp³-hybridized carbons (Fsp3) is 0.333. The van der Waals surface area contributed by atoms with E-state index in [1.165, 1.54) is 6.07 Å². The number of carbonyl (C=O) groups is 1. The van der Waals surface area contributed by atoms with Gasteiger partial charge >= 0.3 is 0 Å². The van der Waals surface area contributed by atoms with E-state index in [-0.39, 0.29) is 11.6 Å². The van der Waals surface area contributed by atoms with E-state index in [0.29, 0.717) is 17.9 Å². The minimum atomic E-state index is -0.391. The van der Waals surface area contributed by atoms with Crippen LogP contribution in [0.15, 0.2) is 42.6 Å². The van der Waals surface area contributed by atoms with Gasteiger partial charge in [0.25, 0.3) is 5.91 Å². The second-order valence-electron chi connectivity index (χ2n) is 5.85. The first kappa shape index (κ1) is 17.3. The van der Waals surface area contributed by atoms with E-state index in [1.807, 2.05) is 0 Å². The molecule has 1 aliphatic rings. The normalized spacial score (nSPS) is 14.9. The molecule has 1 amide bonds. The zero-order valence-corrected chi connectivity index (χ0v) is 14.0. The Balaban J connectivity index is 1.61. The molecule has 1 aromatic carbocycles. The standard InChI is InChI=1S/C18H22FN5O/c19-15-5-1-2-6-16(15)23-17-14(4-3-7-21-17)18(25)22-10-13-24-11-8-20-9-12-24/h1-7,20H,8-13H2,(H,21,23)(H,22,25). The maximum atomic E-state index is 13.8. The highest BCUT2D eigenvalue weighted by atomic mass is 19.1. The molecule has 2 aromatic rings. The van der Waals surface area contributed by atoms with Crippen LogP contribution in [0.25, 0.3) is 0 Å². The SMILES string of the molecule is O=C(NCCN1CCNCC1)c1cccnc1Nc1ccccc1F. The Morgan fingerprint density at radius 2 is 2.00 bits per heavy atom. The summed E-state index contributed by atoms with van der Waals surface area (Å²) in [6.07, 6.45) is 1.57. The third kappa shape index (κ3) is 4.74. The van der Waals surface area contributed by atoms with E-state index in [2.05, 4.69) is 25.8 Å². The first-order valence-electron chi connectivity index (χ1n) is 8.42. The highest BCUT2D eigenvalue weighted by molar-refractivity contribution is 5.99. The van der Waals surface area contributed by atoms with Crippen molar-refractivity contribution in [1.29, 1.82) is 0 Å². The number of anilines is 2. The summed E-state index contributed by atoms with van der Waals surface area (Å²) in [5.74, 6) is -0.271.